The van der Waals surface area contributed by atoms with Crippen LogP contribution in [0.3, 0.4) is 0 Å². The SMILES string of the molecule is CNCc1c(-c2ccsc2)n[nH]c1C1CC1. The Bertz CT molecular complexity index is 468. The fourth-order valence-electron chi connectivity index (χ4n) is 2.08. The number of thiophene rings is 1. The molecule has 3 rings (SSSR count). The Morgan fingerprint density at radius 2 is 2.44 bits per heavy atom. The third kappa shape index (κ3) is 1.68. The summed E-state index contributed by atoms with van der Waals surface area (Å²) in [6, 6.07) is 2.14. The first-order valence-corrected chi connectivity index (χ1v) is 6.58. The van der Waals surface area contributed by atoms with E-state index in [1.165, 1.54) is 29.7 Å². The molecule has 1 fully saturated rings. The molecule has 0 aliphatic heterocycles. The molecule has 1 aliphatic carbocycles. The predicted octanol–water partition coefficient (Wildman–Crippen LogP) is 2.74. The molecule has 0 radical (unpaired) electrons. The lowest BCUT2D eigenvalue weighted by molar-refractivity contribution is 0.803. The molecular formula is C12H15N3S. The zero-order valence-electron chi connectivity index (χ0n) is 9.29. The van der Waals surface area contributed by atoms with E-state index in [-0.39, 0.29) is 0 Å². The van der Waals surface area contributed by atoms with Crippen molar-refractivity contribution in [1.29, 1.82) is 0 Å². The molecule has 0 aromatic carbocycles. The Labute approximate surface area is 98.9 Å². The fraction of sp³-hybridized carbons (Fsp3) is 0.417. The van der Waals surface area contributed by atoms with Crippen LogP contribution in [0, 0.1) is 0 Å². The smallest absolute Gasteiger partial charge is 0.0976 e. The van der Waals surface area contributed by atoms with E-state index < -0.39 is 0 Å². The Hall–Kier alpha value is -1.13. The molecule has 0 saturated heterocycles. The molecule has 84 valence electrons. The van der Waals surface area contributed by atoms with E-state index in [1.54, 1.807) is 11.3 Å². The summed E-state index contributed by atoms with van der Waals surface area (Å²) >= 11 is 1.72. The van der Waals surface area contributed by atoms with Gasteiger partial charge >= 0.3 is 0 Å². The van der Waals surface area contributed by atoms with E-state index >= 15 is 0 Å². The molecule has 2 aromatic rings. The van der Waals surface area contributed by atoms with Gasteiger partial charge in [-0.1, -0.05) is 0 Å². The molecule has 0 bridgehead atoms. The molecule has 1 saturated carbocycles. The number of rotatable bonds is 4. The van der Waals surface area contributed by atoms with Gasteiger partial charge in [0, 0.05) is 34.7 Å². The van der Waals surface area contributed by atoms with Crippen LogP contribution in [-0.4, -0.2) is 17.2 Å². The van der Waals surface area contributed by atoms with Crippen LogP contribution in [0.5, 0.6) is 0 Å². The molecule has 0 unspecified atom stereocenters. The topological polar surface area (TPSA) is 40.7 Å². The highest BCUT2D eigenvalue weighted by Gasteiger charge is 2.29. The Balaban J connectivity index is 2.03. The summed E-state index contributed by atoms with van der Waals surface area (Å²) in [7, 11) is 1.99. The van der Waals surface area contributed by atoms with Crippen molar-refractivity contribution in [2.24, 2.45) is 0 Å². The van der Waals surface area contributed by atoms with Crippen molar-refractivity contribution in [3.63, 3.8) is 0 Å². The second kappa shape index (κ2) is 4.03. The van der Waals surface area contributed by atoms with E-state index in [1.807, 2.05) is 7.05 Å². The minimum atomic E-state index is 0.725. The van der Waals surface area contributed by atoms with Gasteiger partial charge in [0.15, 0.2) is 0 Å². The number of hydrogen-bond donors (Lipinski definition) is 2. The zero-order valence-corrected chi connectivity index (χ0v) is 10.1. The average molecular weight is 233 g/mol. The molecule has 2 N–H and O–H groups in total. The predicted molar refractivity (Wildman–Crippen MR) is 66.6 cm³/mol. The van der Waals surface area contributed by atoms with Gasteiger partial charge in [-0.3, -0.25) is 5.10 Å². The monoisotopic (exact) mass is 233 g/mol. The van der Waals surface area contributed by atoms with E-state index in [4.69, 9.17) is 0 Å². The summed E-state index contributed by atoms with van der Waals surface area (Å²) in [5.74, 6) is 0.725. The second-order valence-electron chi connectivity index (χ2n) is 4.28. The minimum Gasteiger partial charge on any atom is -0.316 e. The Morgan fingerprint density at radius 1 is 1.56 bits per heavy atom. The van der Waals surface area contributed by atoms with Crippen molar-refractivity contribution in [3.05, 3.63) is 28.1 Å². The number of nitrogens with one attached hydrogen (secondary N) is 2. The van der Waals surface area contributed by atoms with Crippen molar-refractivity contribution in [3.8, 4) is 11.3 Å². The summed E-state index contributed by atoms with van der Waals surface area (Å²) in [5.41, 5.74) is 5.05. The summed E-state index contributed by atoms with van der Waals surface area (Å²) in [6.45, 7) is 0.896. The highest BCUT2D eigenvalue weighted by atomic mass is 32.1. The van der Waals surface area contributed by atoms with Gasteiger partial charge in [0.05, 0.1) is 5.69 Å². The lowest BCUT2D eigenvalue weighted by Crippen LogP contribution is -2.07. The van der Waals surface area contributed by atoms with Crippen molar-refractivity contribution >= 4 is 11.3 Å². The lowest BCUT2D eigenvalue weighted by Gasteiger charge is -2.03. The molecule has 0 atom stereocenters. The molecule has 3 nitrogen and oxygen atoms in total. The maximum absolute atomic E-state index is 4.48. The van der Waals surface area contributed by atoms with Gasteiger partial charge in [0.25, 0.3) is 0 Å². The van der Waals surface area contributed by atoms with Gasteiger partial charge in [-0.05, 0) is 31.3 Å². The second-order valence-corrected chi connectivity index (χ2v) is 5.06. The molecule has 0 amide bonds. The van der Waals surface area contributed by atoms with Crippen molar-refractivity contribution < 1.29 is 0 Å². The number of H-pyrrole nitrogens is 1. The molecule has 4 heteroatoms. The number of nitrogens with zero attached hydrogens (tertiary/aromatic N) is 1. The summed E-state index contributed by atoms with van der Waals surface area (Å²) in [4.78, 5) is 0. The van der Waals surface area contributed by atoms with Gasteiger partial charge in [0.2, 0.25) is 0 Å². The van der Waals surface area contributed by atoms with Crippen molar-refractivity contribution in [2.45, 2.75) is 25.3 Å². The van der Waals surface area contributed by atoms with E-state index in [9.17, 15) is 0 Å². The van der Waals surface area contributed by atoms with Gasteiger partial charge < -0.3 is 5.32 Å². The molecule has 1 aliphatic rings. The van der Waals surface area contributed by atoms with Crippen LogP contribution in [0.15, 0.2) is 16.8 Å². The average Bonchev–Trinajstić information content (AvgIpc) is 2.84. The number of aromatic nitrogens is 2. The normalized spacial score (nSPS) is 15.6. The largest absolute Gasteiger partial charge is 0.316 e. The molecule has 2 heterocycles. The third-order valence-electron chi connectivity index (χ3n) is 3.03. The molecule has 16 heavy (non-hydrogen) atoms. The van der Waals surface area contributed by atoms with Gasteiger partial charge in [0.1, 0.15) is 0 Å². The van der Waals surface area contributed by atoms with Crippen LogP contribution in [0.25, 0.3) is 11.3 Å². The maximum Gasteiger partial charge on any atom is 0.0976 e. The summed E-state index contributed by atoms with van der Waals surface area (Å²) in [6.07, 6.45) is 2.62. The van der Waals surface area contributed by atoms with Crippen LogP contribution in [0.2, 0.25) is 0 Å². The highest BCUT2D eigenvalue weighted by Crippen LogP contribution is 2.42. The van der Waals surface area contributed by atoms with Gasteiger partial charge in [-0.15, -0.1) is 0 Å². The lowest BCUT2D eigenvalue weighted by atomic mass is 10.1. The fourth-order valence-corrected chi connectivity index (χ4v) is 2.72. The molecule has 0 spiro atoms. The van der Waals surface area contributed by atoms with Crippen LogP contribution in [-0.2, 0) is 6.54 Å². The van der Waals surface area contributed by atoms with Gasteiger partial charge in [-0.25, -0.2) is 0 Å². The number of hydrogen-bond acceptors (Lipinski definition) is 3. The summed E-state index contributed by atoms with van der Waals surface area (Å²) < 4.78 is 0. The molecule has 2 aromatic heterocycles. The van der Waals surface area contributed by atoms with Crippen LogP contribution in [0.4, 0.5) is 0 Å². The summed E-state index contributed by atoms with van der Waals surface area (Å²) in [5, 5.41) is 15.2. The van der Waals surface area contributed by atoms with Crippen LogP contribution in [0.1, 0.15) is 30.0 Å². The third-order valence-corrected chi connectivity index (χ3v) is 3.72. The van der Waals surface area contributed by atoms with E-state index in [0.29, 0.717) is 0 Å². The highest BCUT2D eigenvalue weighted by molar-refractivity contribution is 7.08. The Kier molecular flexibility index (Phi) is 2.53. The Morgan fingerprint density at radius 3 is 3.06 bits per heavy atom. The van der Waals surface area contributed by atoms with Crippen molar-refractivity contribution in [2.75, 3.05) is 7.05 Å². The van der Waals surface area contributed by atoms with Crippen LogP contribution >= 0.6 is 11.3 Å². The standard InChI is InChI=1S/C12H15N3S/c1-13-6-10-11(8-2-3-8)14-15-12(10)9-4-5-16-7-9/h4-5,7-8,13H,2-3,6H2,1H3,(H,14,15). The minimum absolute atomic E-state index is 0.725. The maximum atomic E-state index is 4.48. The first kappa shape index (κ1) is 10.1. The first-order valence-electron chi connectivity index (χ1n) is 5.64. The van der Waals surface area contributed by atoms with Crippen LogP contribution < -0.4 is 5.32 Å². The molecular weight excluding hydrogens is 218 g/mol. The van der Waals surface area contributed by atoms with Gasteiger partial charge in [-0.2, -0.15) is 16.4 Å². The zero-order chi connectivity index (χ0) is 11.0. The van der Waals surface area contributed by atoms with E-state index in [2.05, 4.69) is 32.3 Å². The van der Waals surface area contributed by atoms with E-state index in [0.717, 1.165) is 18.2 Å². The number of aromatic amines is 1. The quantitative estimate of drug-likeness (QED) is 0.852. The van der Waals surface area contributed by atoms with Crippen molar-refractivity contribution in [1.82, 2.24) is 15.5 Å². The first-order chi connectivity index (χ1) is 7.90.